The molecule has 2 aromatic rings. The Morgan fingerprint density at radius 3 is 3.21 bits per heavy atom. The van der Waals surface area contributed by atoms with E-state index in [0.29, 0.717) is 0 Å². The Morgan fingerprint density at radius 2 is 2.42 bits per heavy atom. The minimum Gasteiger partial charge on any atom is -0.493 e. The number of aromatic nitrogens is 2. The van der Waals surface area contributed by atoms with Crippen molar-refractivity contribution < 1.29 is 4.74 Å². The Hall–Kier alpha value is -2.23. The molecular formula is C15H17N3O. The van der Waals surface area contributed by atoms with Gasteiger partial charge in [0.15, 0.2) is 0 Å². The highest BCUT2D eigenvalue weighted by Crippen LogP contribution is 2.35. The van der Waals surface area contributed by atoms with Gasteiger partial charge in [-0.25, -0.2) is 4.98 Å². The molecule has 0 amide bonds. The highest BCUT2D eigenvalue weighted by Gasteiger charge is 2.15. The van der Waals surface area contributed by atoms with Gasteiger partial charge in [-0.15, -0.1) is 0 Å². The molecule has 2 heterocycles. The maximum absolute atomic E-state index is 5.71. The normalized spacial score (nSPS) is 15.9. The SMILES string of the molecule is CCNc1ccc2c(c1)C(=Cc1cnc[nH]1)CCO2. The van der Waals surface area contributed by atoms with Crippen LogP contribution in [-0.2, 0) is 0 Å². The highest BCUT2D eigenvalue weighted by atomic mass is 16.5. The van der Waals surface area contributed by atoms with Crippen molar-refractivity contribution >= 4 is 17.3 Å². The number of nitrogens with one attached hydrogen (secondary N) is 2. The molecule has 0 atom stereocenters. The lowest BCUT2D eigenvalue weighted by Crippen LogP contribution is -2.08. The van der Waals surface area contributed by atoms with Gasteiger partial charge in [-0.05, 0) is 36.8 Å². The third kappa shape index (κ3) is 2.47. The first kappa shape index (κ1) is 11.8. The Kier molecular flexibility index (Phi) is 3.23. The lowest BCUT2D eigenvalue weighted by atomic mass is 9.98. The van der Waals surface area contributed by atoms with Crippen molar-refractivity contribution in [2.45, 2.75) is 13.3 Å². The van der Waals surface area contributed by atoms with Crippen LogP contribution in [0.15, 0.2) is 30.7 Å². The van der Waals surface area contributed by atoms with Gasteiger partial charge in [0.1, 0.15) is 5.75 Å². The Labute approximate surface area is 112 Å². The molecule has 0 radical (unpaired) electrons. The van der Waals surface area contributed by atoms with Gasteiger partial charge in [-0.1, -0.05) is 0 Å². The summed E-state index contributed by atoms with van der Waals surface area (Å²) in [5.74, 6) is 0.957. The van der Waals surface area contributed by atoms with E-state index in [9.17, 15) is 0 Å². The zero-order chi connectivity index (χ0) is 13.1. The van der Waals surface area contributed by atoms with Gasteiger partial charge in [0, 0.05) is 24.2 Å². The van der Waals surface area contributed by atoms with Crippen LogP contribution in [0, 0.1) is 0 Å². The summed E-state index contributed by atoms with van der Waals surface area (Å²) in [6.45, 7) is 3.74. The minimum absolute atomic E-state index is 0.730. The third-order valence-corrected chi connectivity index (χ3v) is 3.18. The summed E-state index contributed by atoms with van der Waals surface area (Å²) in [7, 11) is 0. The van der Waals surface area contributed by atoms with E-state index in [0.717, 1.165) is 36.7 Å². The maximum atomic E-state index is 5.71. The predicted octanol–water partition coefficient (Wildman–Crippen LogP) is 3.16. The number of anilines is 1. The standard InChI is InChI=1S/C15H17N3O/c1-2-17-12-3-4-15-14(8-12)11(5-6-19-15)7-13-9-16-10-18-13/h3-4,7-10,17H,2,5-6H2,1H3,(H,16,18). The molecule has 1 aromatic heterocycles. The number of imidazole rings is 1. The molecule has 1 aliphatic rings. The number of hydrogen-bond acceptors (Lipinski definition) is 3. The molecule has 1 aliphatic heterocycles. The zero-order valence-corrected chi connectivity index (χ0v) is 10.9. The molecular weight excluding hydrogens is 238 g/mol. The second kappa shape index (κ2) is 5.18. The van der Waals surface area contributed by atoms with Gasteiger partial charge in [-0.2, -0.15) is 0 Å². The fourth-order valence-corrected chi connectivity index (χ4v) is 2.31. The first-order valence-electron chi connectivity index (χ1n) is 6.57. The number of aromatic amines is 1. The molecule has 4 nitrogen and oxygen atoms in total. The number of H-pyrrole nitrogens is 1. The van der Waals surface area contributed by atoms with Gasteiger partial charge in [0.25, 0.3) is 0 Å². The largest absolute Gasteiger partial charge is 0.493 e. The average Bonchev–Trinajstić information content (AvgIpc) is 2.93. The lowest BCUT2D eigenvalue weighted by molar-refractivity contribution is 0.317. The van der Waals surface area contributed by atoms with Crippen molar-refractivity contribution in [1.82, 2.24) is 9.97 Å². The zero-order valence-electron chi connectivity index (χ0n) is 10.9. The van der Waals surface area contributed by atoms with Crippen LogP contribution in [0.25, 0.3) is 11.6 Å². The van der Waals surface area contributed by atoms with Crippen molar-refractivity contribution in [1.29, 1.82) is 0 Å². The fourth-order valence-electron chi connectivity index (χ4n) is 2.31. The summed E-state index contributed by atoms with van der Waals surface area (Å²) in [5.41, 5.74) is 4.60. The molecule has 0 saturated carbocycles. The van der Waals surface area contributed by atoms with Crippen LogP contribution in [0.4, 0.5) is 5.69 Å². The van der Waals surface area contributed by atoms with E-state index in [2.05, 4.69) is 40.4 Å². The topological polar surface area (TPSA) is 49.9 Å². The van der Waals surface area contributed by atoms with E-state index in [-0.39, 0.29) is 0 Å². The second-order valence-corrected chi connectivity index (χ2v) is 4.52. The van der Waals surface area contributed by atoms with E-state index in [4.69, 9.17) is 4.74 Å². The monoisotopic (exact) mass is 255 g/mol. The summed E-state index contributed by atoms with van der Waals surface area (Å²) in [6, 6.07) is 6.24. The number of ether oxygens (including phenoxy) is 1. The molecule has 3 rings (SSSR count). The van der Waals surface area contributed by atoms with Crippen molar-refractivity contribution in [2.75, 3.05) is 18.5 Å². The third-order valence-electron chi connectivity index (χ3n) is 3.18. The smallest absolute Gasteiger partial charge is 0.126 e. The number of fused-ring (bicyclic) bond motifs is 1. The molecule has 4 heteroatoms. The number of hydrogen-bond donors (Lipinski definition) is 2. The molecule has 0 aliphatic carbocycles. The quantitative estimate of drug-likeness (QED) is 0.885. The van der Waals surface area contributed by atoms with Crippen LogP contribution in [0.1, 0.15) is 24.6 Å². The molecule has 0 fully saturated rings. The summed E-state index contributed by atoms with van der Waals surface area (Å²) < 4.78 is 5.71. The molecule has 0 unspecified atom stereocenters. The van der Waals surface area contributed by atoms with Crippen LogP contribution in [0.3, 0.4) is 0 Å². The van der Waals surface area contributed by atoms with Crippen LogP contribution < -0.4 is 10.1 Å². The van der Waals surface area contributed by atoms with Crippen molar-refractivity contribution in [3.05, 3.63) is 42.0 Å². The van der Waals surface area contributed by atoms with Crippen molar-refractivity contribution in [2.24, 2.45) is 0 Å². The van der Waals surface area contributed by atoms with E-state index in [1.807, 2.05) is 12.3 Å². The summed E-state index contributed by atoms with van der Waals surface area (Å²) in [6.07, 6.45) is 6.59. The van der Waals surface area contributed by atoms with E-state index in [1.165, 1.54) is 11.1 Å². The highest BCUT2D eigenvalue weighted by molar-refractivity contribution is 5.85. The molecule has 1 aromatic carbocycles. The number of nitrogens with zero attached hydrogens (tertiary/aromatic N) is 1. The van der Waals surface area contributed by atoms with Crippen LogP contribution in [-0.4, -0.2) is 23.1 Å². The van der Waals surface area contributed by atoms with Crippen molar-refractivity contribution in [3.8, 4) is 5.75 Å². The Morgan fingerprint density at radius 1 is 1.47 bits per heavy atom. The van der Waals surface area contributed by atoms with Crippen molar-refractivity contribution in [3.63, 3.8) is 0 Å². The Bertz CT molecular complexity index is 587. The summed E-state index contributed by atoms with van der Waals surface area (Å²) in [4.78, 5) is 7.16. The summed E-state index contributed by atoms with van der Waals surface area (Å²) >= 11 is 0. The Balaban J connectivity index is 2.00. The van der Waals surface area contributed by atoms with Gasteiger partial charge < -0.3 is 15.0 Å². The molecule has 0 spiro atoms. The first-order chi connectivity index (χ1) is 9.36. The summed E-state index contributed by atoms with van der Waals surface area (Å²) in [5, 5.41) is 3.33. The van der Waals surface area contributed by atoms with Gasteiger partial charge in [0.2, 0.25) is 0 Å². The van der Waals surface area contributed by atoms with Gasteiger partial charge in [-0.3, -0.25) is 0 Å². The van der Waals surface area contributed by atoms with Gasteiger partial charge >= 0.3 is 0 Å². The number of benzene rings is 1. The maximum Gasteiger partial charge on any atom is 0.126 e. The molecule has 0 saturated heterocycles. The fraction of sp³-hybridized carbons (Fsp3) is 0.267. The average molecular weight is 255 g/mol. The van der Waals surface area contributed by atoms with E-state index >= 15 is 0 Å². The van der Waals surface area contributed by atoms with Crippen LogP contribution in [0.5, 0.6) is 5.75 Å². The van der Waals surface area contributed by atoms with E-state index < -0.39 is 0 Å². The first-order valence-corrected chi connectivity index (χ1v) is 6.57. The van der Waals surface area contributed by atoms with Crippen LogP contribution >= 0.6 is 0 Å². The molecule has 98 valence electrons. The lowest BCUT2D eigenvalue weighted by Gasteiger charge is -2.21. The number of rotatable bonds is 3. The second-order valence-electron chi connectivity index (χ2n) is 4.52. The predicted molar refractivity (Wildman–Crippen MR) is 77.2 cm³/mol. The van der Waals surface area contributed by atoms with Gasteiger partial charge in [0.05, 0.1) is 24.8 Å². The van der Waals surface area contributed by atoms with Crippen LogP contribution in [0.2, 0.25) is 0 Å². The van der Waals surface area contributed by atoms with E-state index in [1.54, 1.807) is 6.33 Å². The molecule has 2 N–H and O–H groups in total. The molecule has 0 bridgehead atoms. The molecule has 19 heavy (non-hydrogen) atoms. The minimum atomic E-state index is 0.730.